The molecule has 8 nitrogen and oxygen atoms in total. The van der Waals surface area contributed by atoms with Crippen LogP contribution in [0.25, 0.3) is 0 Å². The molecule has 0 aromatic carbocycles. The molecule has 408 valence electrons. The van der Waals surface area contributed by atoms with Gasteiger partial charge in [-0.25, -0.2) is 0 Å². The van der Waals surface area contributed by atoms with E-state index in [1.165, 1.54) is 109 Å². The lowest BCUT2D eigenvalue weighted by molar-refractivity contribution is -0.870. The summed E-state index contributed by atoms with van der Waals surface area (Å²) in [5.74, 6) is -0.368. The van der Waals surface area contributed by atoms with Gasteiger partial charge >= 0.3 is 5.97 Å². The number of esters is 1. The van der Waals surface area contributed by atoms with Crippen LogP contribution in [0.1, 0.15) is 219 Å². The Morgan fingerprint density at radius 3 is 1.23 bits per heavy atom. The molecule has 9 heteroatoms. The highest BCUT2D eigenvalue weighted by molar-refractivity contribution is 7.45. The standard InChI is InChI=1S/C62H108NO7P/c1-6-8-10-12-14-16-18-20-22-24-26-28-30-32-33-35-37-39-41-43-45-47-49-51-53-55-62(64)70-61(60-69-71(65,66)68-58-56-63(3,4)5)59-67-57-54-52-50-48-46-44-42-40-38-36-34-31-29-27-25-23-21-19-17-15-13-11-9-7-2/h8,10,14,16,19-22,25-28,32-33,37,39,43,45,61H,6-7,9,11-13,15,17-18,23-24,29-31,34-36,38,40-42,44,46-60H2,1-5H3/b10-8-,16-14-,21-19-,22-20-,27-25-,28-26-,33-32-,39-37-,45-43-. The van der Waals surface area contributed by atoms with Gasteiger partial charge in [-0.15, -0.1) is 0 Å². The molecule has 2 unspecified atom stereocenters. The van der Waals surface area contributed by atoms with Crippen LogP contribution in [0, 0.1) is 0 Å². The van der Waals surface area contributed by atoms with E-state index in [1.54, 1.807) is 0 Å². The number of quaternary nitrogens is 1. The predicted octanol–water partition coefficient (Wildman–Crippen LogP) is 17.7. The molecule has 2 atom stereocenters. The van der Waals surface area contributed by atoms with Gasteiger partial charge in [0.1, 0.15) is 19.3 Å². The van der Waals surface area contributed by atoms with Crippen molar-refractivity contribution in [2.75, 3.05) is 54.1 Å². The van der Waals surface area contributed by atoms with Crippen LogP contribution in [0.2, 0.25) is 0 Å². The number of carbonyl (C=O) groups excluding carboxylic acids is 1. The average Bonchev–Trinajstić information content (AvgIpc) is 3.33. The van der Waals surface area contributed by atoms with Crippen LogP contribution in [0.5, 0.6) is 0 Å². The van der Waals surface area contributed by atoms with Crippen molar-refractivity contribution in [2.45, 2.75) is 225 Å². The summed E-state index contributed by atoms with van der Waals surface area (Å²) in [5.41, 5.74) is 0. The van der Waals surface area contributed by atoms with Gasteiger partial charge in [0.15, 0.2) is 0 Å². The number of ether oxygens (including phenoxy) is 2. The second-order valence-corrected chi connectivity index (χ2v) is 21.3. The van der Waals surface area contributed by atoms with E-state index < -0.39 is 13.9 Å². The van der Waals surface area contributed by atoms with Crippen LogP contribution in [0.15, 0.2) is 109 Å². The minimum atomic E-state index is -4.55. The van der Waals surface area contributed by atoms with Crippen LogP contribution in [0.3, 0.4) is 0 Å². The first kappa shape index (κ1) is 68.2. The number of rotatable bonds is 52. The molecule has 0 aromatic heterocycles. The summed E-state index contributed by atoms with van der Waals surface area (Å²) < 4.78 is 34.8. The van der Waals surface area contributed by atoms with E-state index in [2.05, 4.69) is 123 Å². The van der Waals surface area contributed by atoms with Gasteiger partial charge in [-0.3, -0.25) is 9.36 Å². The zero-order valence-corrected chi connectivity index (χ0v) is 47.3. The molecule has 0 heterocycles. The molecule has 0 aromatic rings. The Morgan fingerprint density at radius 1 is 0.451 bits per heavy atom. The predicted molar refractivity (Wildman–Crippen MR) is 304 cm³/mol. The van der Waals surface area contributed by atoms with E-state index in [0.717, 1.165) is 83.5 Å². The Kier molecular flexibility index (Phi) is 51.3. The van der Waals surface area contributed by atoms with Crippen molar-refractivity contribution in [1.29, 1.82) is 0 Å². The number of carbonyl (C=O) groups is 1. The third kappa shape index (κ3) is 57.9. The van der Waals surface area contributed by atoms with Crippen LogP contribution >= 0.6 is 7.82 Å². The summed E-state index contributed by atoms with van der Waals surface area (Å²) in [6, 6.07) is 0. The molecule has 0 bridgehead atoms. The minimum absolute atomic E-state index is 0.0131. The van der Waals surface area contributed by atoms with E-state index in [1.807, 2.05) is 21.1 Å². The molecular weight excluding hydrogens is 902 g/mol. The van der Waals surface area contributed by atoms with E-state index in [-0.39, 0.29) is 32.2 Å². The summed E-state index contributed by atoms with van der Waals surface area (Å²) in [6.07, 6.45) is 75.6. The highest BCUT2D eigenvalue weighted by Gasteiger charge is 2.20. The fourth-order valence-corrected chi connectivity index (χ4v) is 8.17. The van der Waals surface area contributed by atoms with Crippen molar-refractivity contribution < 1.29 is 37.3 Å². The molecule has 0 saturated heterocycles. The number of hydrogen-bond donors (Lipinski definition) is 0. The fourth-order valence-electron chi connectivity index (χ4n) is 7.44. The monoisotopic (exact) mass is 1010 g/mol. The molecule has 0 N–H and O–H groups in total. The van der Waals surface area contributed by atoms with Crippen molar-refractivity contribution in [3.05, 3.63) is 109 Å². The maximum absolute atomic E-state index is 12.8. The molecule has 0 aliphatic carbocycles. The maximum Gasteiger partial charge on any atom is 0.306 e. The van der Waals surface area contributed by atoms with Crippen LogP contribution in [-0.2, 0) is 27.9 Å². The number of unbranched alkanes of at least 4 members (excludes halogenated alkanes) is 20. The summed E-state index contributed by atoms with van der Waals surface area (Å²) in [6.45, 7) is 5.23. The summed E-state index contributed by atoms with van der Waals surface area (Å²) in [7, 11) is 1.32. The Labute approximate surface area is 438 Å². The van der Waals surface area contributed by atoms with Crippen molar-refractivity contribution >= 4 is 13.8 Å². The highest BCUT2D eigenvalue weighted by Crippen LogP contribution is 2.38. The van der Waals surface area contributed by atoms with E-state index in [4.69, 9.17) is 18.5 Å². The molecule has 0 saturated carbocycles. The molecule has 0 rings (SSSR count). The molecular formula is C62H108NO7P. The van der Waals surface area contributed by atoms with Gasteiger partial charge in [0, 0.05) is 13.0 Å². The van der Waals surface area contributed by atoms with Crippen LogP contribution in [0.4, 0.5) is 0 Å². The molecule has 0 aliphatic heterocycles. The summed E-state index contributed by atoms with van der Waals surface area (Å²) >= 11 is 0. The Morgan fingerprint density at radius 2 is 0.817 bits per heavy atom. The lowest BCUT2D eigenvalue weighted by Crippen LogP contribution is -2.37. The fraction of sp³-hybridized carbons (Fsp3) is 0.694. The lowest BCUT2D eigenvalue weighted by Gasteiger charge is -2.28. The molecule has 0 radical (unpaired) electrons. The van der Waals surface area contributed by atoms with E-state index >= 15 is 0 Å². The number of nitrogens with zero attached hydrogens (tertiary/aromatic N) is 1. The lowest BCUT2D eigenvalue weighted by atomic mass is 10.0. The molecule has 0 aliphatic rings. The van der Waals surface area contributed by atoms with Gasteiger partial charge < -0.3 is 27.9 Å². The van der Waals surface area contributed by atoms with Gasteiger partial charge in [-0.2, -0.15) is 0 Å². The second-order valence-electron chi connectivity index (χ2n) is 19.9. The zero-order chi connectivity index (χ0) is 51.9. The SMILES string of the molecule is CC/C=C\C/C=C\C/C=C\C/C=C\C/C=C\C/C=C\C/C=C\CCCCCC(=O)OC(COCCCCCCCCCCCCCC/C=C\C/C=C\CCCCCCC)COP(=O)([O-])OCC[N+](C)(C)C. The van der Waals surface area contributed by atoms with E-state index in [9.17, 15) is 14.3 Å². The van der Waals surface area contributed by atoms with Crippen molar-refractivity contribution in [1.82, 2.24) is 0 Å². The zero-order valence-electron chi connectivity index (χ0n) is 46.4. The first-order valence-electron chi connectivity index (χ1n) is 28.6. The summed E-state index contributed by atoms with van der Waals surface area (Å²) in [4.78, 5) is 25.3. The summed E-state index contributed by atoms with van der Waals surface area (Å²) in [5, 5.41) is 0. The second kappa shape index (κ2) is 53.5. The smallest absolute Gasteiger partial charge is 0.306 e. The third-order valence-corrected chi connectivity index (χ3v) is 12.8. The first-order valence-corrected chi connectivity index (χ1v) is 30.1. The number of phosphoric acid groups is 1. The minimum Gasteiger partial charge on any atom is -0.756 e. The van der Waals surface area contributed by atoms with Gasteiger partial charge in [0.25, 0.3) is 7.82 Å². The normalized spacial score (nSPS) is 14.3. The van der Waals surface area contributed by atoms with Crippen molar-refractivity contribution in [3.63, 3.8) is 0 Å². The molecule has 71 heavy (non-hydrogen) atoms. The van der Waals surface area contributed by atoms with Gasteiger partial charge in [-0.05, 0) is 103 Å². The number of allylic oxidation sites excluding steroid dienone is 18. The number of likely N-dealkylation sites (N-methyl/N-ethyl adjacent to an activating group) is 1. The molecule has 0 spiro atoms. The van der Waals surface area contributed by atoms with Gasteiger partial charge in [0.05, 0.1) is 34.4 Å². The number of phosphoric ester groups is 1. The molecule has 0 fully saturated rings. The van der Waals surface area contributed by atoms with E-state index in [0.29, 0.717) is 24.1 Å². The quantitative estimate of drug-likeness (QED) is 0.0197. The Balaban J connectivity index is 4.19. The Bertz CT molecular complexity index is 1500. The van der Waals surface area contributed by atoms with Gasteiger partial charge in [-0.1, -0.05) is 220 Å². The highest BCUT2D eigenvalue weighted by atomic mass is 31.2. The topological polar surface area (TPSA) is 94.1 Å². The van der Waals surface area contributed by atoms with Crippen molar-refractivity contribution in [2.24, 2.45) is 0 Å². The Hall–Kier alpha value is -2.84. The average molecular weight is 1010 g/mol. The molecule has 0 amide bonds. The van der Waals surface area contributed by atoms with Gasteiger partial charge in [0.2, 0.25) is 0 Å². The van der Waals surface area contributed by atoms with Crippen LogP contribution in [-0.4, -0.2) is 70.7 Å². The van der Waals surface area contributed by atoms with Crippen molar-refractivity contribution in [3.8, 4) is 0 Å². The first-order chi connectivity index (χ1) is 34.6. The maximum atomic E-state index is 12.8. The largest absolute Gasteiger partial charge is 0.756 e. The van der Waals surface area contributed by atoms with Crippen LogP contribution < -0.4 is 4.89 Å². The third-order valence-electron chi connectivity index (χ3n) is 11.8. The number of hydrogen-bond acceptors (Lipinski definition) is 7.